The molecule has 0 saturated carbocycles. The molecular formula is C22H21N3O4S. The van der Waals surface area contributed by atoms with Gasteiger partial charge in [-0.3, -0.25) is 9.59 Å². The summed E-state index contributed by atoms with van der Waals surface area (Å²) in [5.41, 5.74) is 2.25. The molecule has 8 heteroatoms. The molecule has 2 N–H and O–H groups in total. The lowest BCUT2D eigenvalue weighted by Crippen LogP contribution is -2.25. The zero-order chi connectivity index (χ0) is 20.9. The summed E-state index contributed by atoms with van der Waals surface area (Å²) < 4.78 is 11.0. The van der Waals surface area contributed by atoms with Crippen LogP contribution in [0.25, 0.3) is 11.3 Å². The summed E-state index contributed by atoms with van der Waals surface area (Å²) in [5, 5.41) is 6.21. The number of anilines is 2. The molecular weight excluding hydrogens is 402 g/mol. The average Bonchev–Trinajstić information content (AvgIpc) is 3.11. The summed E-state index contributed by atoms with van der Waals surface area (Å²) in [6, 6.07) is 15.1. The number of benzene rings is 2. The summed E-state index contributed by atoms with van der Waals surface area (Å²) in [6.07, 6.45) is 0.964. The van der Waals surface area contributed by atoms with E-state index in [0.29, 0.717) is 36.0 Å². The van der Waals surface area contributed by atoms with Gasteiger partial charge in [0.2, 0.25) is 5.91 Å². The third-order valence-electron chi connectivity index (χ3n) is 4.49. The normalized spacial score (nSPS) is 12.5. The number of nitrogens with zero attached hydrogens (tertiary/aromatic N) is 1. The highest BCUT2D eigenvalue weighted by atomic mass is 32.1. The van der Waals surface area contributed by atoms with Gasteiger partial charge in [-0.1, -0.05) is 18.2 Å². The second-order valence-corrected chi connectivity index (χ2v) is 7.99. The Labute approximate surface area is 178 Å². The van der Waals surface area contributed by atoms with Crippen molar-refractivity contribution in [2.24, 2.45) is 0 Å². The van der Waals surface area contributed by atoms with Gasteiger partial charge >= 0.3 is 0 Å². The second-order valence-electron chi connectivity index (χ2n) is 6.78. The number of para-hydroxylation sites is 1. The number of carbonyl (C=O) groups is 2. The fourth-order valence-corrected chi connectivity index (χ4v) is 3.92. The molecule has 1 aliphatic heterocycles. The van der Waals surface area contributed by atoms with Crippen molar-refractivity contribution in [1.82, 2.24) is 4.98 Å². The Hall–Kier alpha value is -3.39. The molecule has 1 aromatic heterocycles. The minimum atomic E-state index is -0.182. The van der Waals surface area contributed by atoms with E-state index in [1.807, 2.05) is 55.5 Å². The smallest absolute Gasteiger partial charge is 0.262 e. The molecule has 0 aliphatic carbocycles. The maximum absolute atomic E-state index is 12.2. The Balaban J connectivity index is 1.34. The van der Waals surface area contributed by atoms with E-state index in [1.54, 1.807) is 0 Å². The van der Waals surface area contributed by atoms with Gasteiger partial charge in [0.15, 0.2) is 11.7 Å². The average molecular weight is 423 g/mol. The number of hydrogen-bond donors (Lipinski definition) is 2. The highest BCUT2D eigenvalue weighted by Crippen LogP contribution is 2.36. The zero-order valence-electron chi connectivity index (χ0n) is 16.4. The van der Waals surface area contributed by atoms with Crippen molar-refractivity contribution in [2.45, 2.75) is 19.8 Å². The Kier molecular flexibility index (Phi) is 5.94. The van der Waals surface area contributed by atoms with Crippen molar-refractivity contribution in [1.29, 1.82) is 0 Å². The SMILES string of the molecule is Cc1sc(NC(=O)CCCOc2ccccc2)nc1-c1ccc2c(c1)NC(=O)CO2. The predicted octanol–water partition coefficient (Wildman–Crippen LogP) is 4.25. The molecule has 0 radical (unpaired) electrons. The highest BCUT2D eigenvalue weighted by molar-refractivity contribution is 7.16. The van der Waals surface area contributed by atoms with Gasteiger partial charge < -0.3 is 20.1 Å². The predicted molar refractivity (Wildman–Crippen MR) is 116 cm³/mol. The maximum atomic E-state index is 12.2. The number of hydrogen-bond acceptors (Lipinski definition) is 6. The quantitative estimate of drug-likeness (QED) is 0.555. The van der Waals surface area contributed by atoms with Gasteiger partial charge in [0.05, 0.1) is 18.0 Å². The van der Waals surface area contributed by atoms with E-state index in [2.05, 4.69) is 15.6 Å². The van der Waals surface area contributed by atoms with Gasteiger partial charge in [-0.25, -0.2) is 4.98 Å². The van der Waals surface area contributed by atoms with Crippen molar-refractivity contribution in [2.75, 3.05) is 23.8 Å². The molecule has 7 nitrogen and oxygen atoms in total. The zero-order valence-corrected chi connectivity index (χ0v) is 17.3. The minimum absolute atomic E-state index is 0.0225. The topological polar surface area (TPSA) is 89.5 Å². The first-order chi connectivity index (χ1) is 14.6. The first-order valence-corrected chi connectivity index (χ1v) is 10.4. The van der Waals surface area contributed by atoms with E-state index < -0.39 is 0 Å². The van der Waals surface area contributed by atoms with Gasteiger partial charge in [-0.15, -0.1) is 11.3 Å². The summed E-state index contributed by atoms with van der Waals surface area (Å²) >= 11 is 1.42. The molecule has 2 amide bonds. The minimum Gasteiger partial charge on any atom is -0.494 e. The van der Waals surface area contributed by atoms with Crippen molar-refractivity contribution >= 4 is 34.0 Å². The van der Waals surface area contributed by atoms with Crippen molar-refractivity contribution in [3.05, 3.63) is 53.4 Å². The molecule has 0 atom stereocenters. The standard InChI is InChI=1S/C22H21N3O4S/c1-14-21(15-9-10-18-17(12-15)23-20(27)13-29-18)25-22(30-14)24-19(26)8-5-11-28-16-6-3-2-4-7-16/h2-4,6-7,9-10,12H,5,8,11,13H2,1H3,(H,23,27)(H,24,25,26). The molecule has 0 unspecified atom stereocenters. The van der Waals surface area contributed by atoms with Crippen LogP contribution in [0.15, 0.2) is 48.5 Å². The van der Waals surface area contributed by atoms with Crippen LogP contribution in [0.4, 0.5) is 10.8 Å². The van der Waals surface area contributed by atoms with Crippen molar-refractivity contribution in [3.63, 3.8) is 0 Å². The van der Waals surface area contributed by atoms with E-state index in [4.69, 9.17) is 9.47 Å². The summed E-state index contributed by atoms with van der Waals surface area (Å²) in [4.78, 5) is 29.3. The molecule has 154 valence electrons. The number of aryl methyl sites for hydroxylation is 1. The first-order valence-electron chi connectivity index (χ1n) is 9.61. The second kappa shape index (κ2) is 8.96. The largest absolute Gasteiger partial charge is 0.494 e. The molecule has 0 spiro atoms. The molecule has 30 heavy (non-hydrogen) atoms. The van der Waals surface area contributed by atoms with Gasteiger partial charge in [-0.2, -0.15) is 0 Å². The third-order valence-corrected chi connectivity index (χ3v) is 5.38. The van der Waals surface area contributed by atoms with Crippen LogP contribution in [0.2, 0.25) is 0 Å². The van der Waals surface area contributed by atoms with Gasteiger partial charge in [0.25, 0.3) is 5.91 Å². The van der Waals surface area contributed by atoms with Crippen LogP contribution in [0.1, 0.15) is 17.7 Å². The summed E-state index contributed by atoms with van der Waals surface area (Å²) in [5.74, 6) is 1.15. The van der Waals surface area contributed by atoms with Gasteiger partial charge in [-0.05, 0) is 43.7 Å². The molecule has 0 fully saturated rings. The number of ether oxygens (including phenoxy) is 2. The van der Waals surface area contributed by atoms with E-state index in [9.17, 15) is 9.59 Å². The fourth-order valence-electron chi connectivity index (χ4n) is 3.07. The van der Waals surface area contributed by atoms with Crippen LogP contribution in [0.3, 0.4) is 0 Å². The number of thiazole rings is 1. The Morgan fingerprint density at radius 3 is 2.93 bits per heavy atom. The molecule has 3 aromatic rings. The van der Waals surface area contributed by atoms with Crippen LogP contribution >= 0.6 is 11.3 Å². The lowest BCUT2D eigenvalue weighted by atomic mass is 10.1. The van der Waals surface area contributed by atoms with Crippen LogP contribution in [-0.2, 0) is 9.59 Å². The third kappa shape index (κ3) is 4.77. The number of carbonyl (C=O) groups excluding carboxylic acids is 2. The lowest BCUT2D eigenvalue weighted by molar-refractivity contribution is -0.118. The van der Waals surface area contributed by atoms with E-state index in [0.717, 1.165) is 21.9 Å². The Bertz CT molecular complexity index is 1070. The van der Waals surface area contributed by atoms with Crippen LogP contribution in [-0.4, -0.2) is 30.0 Å². The van der Waals surface area contributed by atoms with Crippen molar-refractivity contribution < 1.29 is 19.1 Å². The molecule has 2 aromatic carbocycles. The Morgan fingerprint density at radius 1 is 1.27 bits per heavy atom. The van der Waals surface area contributed by atoms with Crippen LogP contribution in [0.5, 0.6) is 11.5 Å². The Morgan fingerprint density at radius 2 is 2.10 bits per heavy atom. The fraction of sp³-hybridized carbons (Fsp3) is 0.227. The number of amides is 2. The number of rotatable bonds is 7. The van der Waals surface area contributed by atoms with Crippen LogP contribution in [0, 0.1) is 6.92 Å². The first kappa shape index (κ1) is 19.9. The maximum Gasteiger partial charge on any atom is 0.262 e. The van der Waals surface area contributed by atoms with E-state index >= 15 is 0 Å². The summed E-state index contributed by atoms with van der Waals surface area (Å²) in [7, 11) is 0. The van der Waals surface area contributed by atoms with Gasteiger partial charge in [0.1, 0.15) is 11.5 Å². The molecule has 1 aliphatic rings. The molecule has 0 bridgehead atoms. The molecule has 2 heterocycles. The monoisotopic (exact) mass is 423 g/mol. The highest BCUT2D eigenvalue weighted by Gasteiger charge is 2.18. The van der Waals surface area contributed by atoms with Crippen LogP contribution < -0.4 is 20.1 Å². The van der Waals surface area contributed by atoms with E-state index in [1.165, 1.54) is 11.3 Å². The van der Waals surface area contributed by atoms with Gasteiger partial charge in [0, 0.05) is 16.9 Å². The molecule has 0 saturated heterocycles. The van der Waals surface area contributed by atoms with E-state index in [-0.39, 0.29) is 18.4 Å². The number of aromatic nitrogens is 1. The number of nitrogens with one attached hydrogen (secondary N) is 2. The number of fused-ring (bicyclic) bond motifs is 1. The lowest BCUT2D eigenvalue weighted by Gasteiger charge is -2.18. The molecule has 4 rings (SSSR count). The summed E-state index contributed by atoms with van der Waals surface area (Å²) in [6.45, 7) is 2.45. The van der Waals surface area contributed by atoms with Crippen molar-refractivity contribution in [3.8, 4) is 22.8 Å².